The molecule has 2 aromatic heterocycles. The Bertz CT molecular complexity index is 765. The lowest BCUT2D eigenvalue weighted by Crippen LogP contribution is -2.37. The van der Waals surface area contributed by atoms with E-state index < -0.39 is 0 Å². The summed E-state index contributed by atoms with van der Waals surface area (Å²) >= 11 is 6.22. The fourth-order valence-corrected chi connectivity index (χ4v) is 4.31. The second-order valence-electron chi connectivity index (χ2n) is 7.64. The van der Waals surface area contributed by atoms with Gasteiger partial charge in [0.1, 0.15) is 5.15 Å². The monoisotopic (exact) mass is 390 g/mol. The molecule has 1 unspecified atom stereocenters. The van der Waals surface area contributed by atoms with Gasteiger partial charge < -0.3 is 14.7 Å². The fraction of sp³-hybridized carbons (Fsp3) is 0.600. The Balaban J connectivity index is 1.58. The third-order valence-corrected chi connectivity index (χ3v) is 6.10. The number of aliphatic hydroxyl groups is 1. The molecule has 7 heteroatoms. The summed E-state index contributed by atoms with van der Waals surface area (Å²) in [6.45, 7) is 5.31. The summed E-state index contributed by atoms with van der Waals surface area (Å²) in [4.78, 5) is 6.67. The highest BCUT2D eigenvalue weighted by molar-refractivity contribution is 6.29. The number of halogens is 1. The van der Waals surface area contributed by atoms with Gasteiger partial charge in [0.2, 0.25) is 0 Å². The van der Waals surface area contributed by atoms with Crippen LogP contribution in [0.5, 0.6) is 0 Å². The quantitative estimate of drug-likeness (QED) is 0.809. The number of nitrogens with zero attached hydrogens (tertiary/aromatic N) is 4. The summed E-state index contributed by atoms with van der Waals surface area (Å²) in [5.41, 5.74) is 3.23. The molecule has 6 nitrogen and oxygen atoms in total. The molecule has 0 aromatic carbocycles. The molecule has 1 N–H and O–H groups in total. The Hall–Kier alpha value is -1.63. The zero-order valence-electron chi connectivity index (χ0n) is 15.7. The Morgan fingerprint density at radius 3 is 2.63 bits per heavy atom. The van der Waals surface area contributed by atoms with E-state index in [9.17, 15) is 5.11 Å². The van der Waals surface area contributed by atoms with Gasteiger partial charge in [-0.25, -0.2) is 4.98 Å². The van der Waals surface area contributed by atoms with Crippen molar-refractivity contribution in [2.24, 2.45) is 5.92 Å². The predicted molar refractivity (Wildman–Crippen MR) is 106 cm³/mol. The number of piperidine rings is 1. The highest BCUT2D eigenvalue weighted by Crippen LogP contribution is 2.35. The molecular weight excluding hydrogens is 364 g/mol. The van der Waals surface area contributed by atoms with Crippen LogP contribution in [0, 0.1) is 5.92 Å². The second-order valence-corrected chi connectivity index (χ2v) is 8.03. The molecule has 146 valence electrons. The van der Waals surface area contributed by atoms with Crippen molar-refractivity contribution in [3.63, 3.8) is 0 Å². The van der Waals surface area contributed by atoms with E-state index in [2.05, 4.69) is 25.9 Å². The van der Waals surface area contributed by atoms with Crippen molar-refractivity contribution in [1.82, 2.24) is 14.8 Å². The summed E-state index contributed by atoms with van der Waals surface area (Å²) in [6, 6.07) is 2.35. The van der Waals surface area contributed by atoms with Crippen LogP contribution in [0.15, 0.2) is 24.7 Å². The normalized spacial score (nSPS) is 20.8. The first-order chi connectivity index (χ1) is 13.1. The van der Waals surface area contributed by atoms with E-state index in [0.717, 1.165) is 68.8 Å². The third kappa shape index (κ3) is 4.13. The maximum absolute atomic E-state index is 9.87. The molecule has 2 saturated heterocycles. The number of aliphatic hydroxyl groups excluding tert-OH is 1. The van der Waals surface area contributed by atoms with Crippen LogP contribution in [0.25, 0.3) is 11.1 Å². The molecule has 2 aliphatic heterocycles. The van der Waals surface area contributed by atoms with Gasteiger partial charge >= 0.3 is 0 Å². The van der Waals surface area contributed by atoms with Gasteiger partial charge in [-0.1, -0.05) is 11.6 Å². The SMILES string of the molecule is CC(O)C1CCN(c2cc(Cl)ncc2-c2cnn(C3CCOCC3)c2)CC1. The maximum atomic E-state index is 9.87. The van der Waals surface area contributed by atoms with Crippen molar-refractivity contribution in [3.05, 3.63) is 29.8 Å². The molecule has 4 rings (SSSR count). The molecule has 27 heavy (non-hydrogen) atoms. The molecule has 0 aliphatic carbocycles. The number of hydrogen-bond donors (Lipinski definition) is 1. The van der Waals surface area contributed by atoms with E-state index in [4.69, 9.17) is 16.3 Å². The molecule has 2 aromatic rings. The van der Waals surface area contributed by atoms with E-state index in [1.54, 1.807) is 0 Å². The first kappa shape index (κ1) is 18.7. The van der Waals surface area contributed by atoms with Gasteiger partial charge in [0.15, 0.2) is 0 Å². The third-order valence-electron chi connectivity index (χ3n) is 5.89. The minimum absolute atomic E-state index is 0.245. The summed E-state index contributed by atoms with van der Waals surface area (Å²) in [5.74, 6) is 0.373. The molecule has 2 fully saturated rings. The summed E-state index contributed by atoms with van der Waals surface area (Å²) in [5, 5.41) is 15.0. The Morgan fingerprint density at radius 1 is 1.19 bits per heavy atom. The van der Waals surface area contributed by atoms with E-state index in [-0.39, 0.29) is 6.10 Å². The number of pyridine rings is 1. The van der Waals surface area contributed by atoms with Gasteiger partial charge in [-0.15, -0.1) is 0 Å². The van der Waals surface area contributed by atoms with E-state index in [0.29, 0.717) is 17.1 Å². The van der Waals surface area contributed by atoms with Gasteiger partial charge in [0.05, 0.1) is 18.3 Å². The Morgan fingerprint density at radius 2 is 1.93 bits per heavy atom. The van der Waals surface area contributed by atoms with Crippen molar-refractivity contribution in [2.45, 2.75) is 44.8 Å². The standard InChI is InChI=1S/C20H27ClN4O2/c1-14(26)15-2-6-24(7-3-15)19-10-20(21)22-12-18(19)16-11-23-25(13-16)17-4-8-27-9-5-17/h10-15,17,26H,2-9H2,1H3. The lowest BCUT2D eigenvalue weighted by molar-refractivity contribution is 0.0662. The van der Waals surface area contributed by atoms with E-state index >= 15 is 0 Å². The summed E-state index contributed by atoms with van der Waals surface area (Å²) in [7, 11) is 0. The zero-order chi connectivity index (χ0) is 18.8. The van der Waals surface area contributed by atoms with Gasteiger partial charge in [0.25, 0.3) is 0 Å². The molecule has 4 heterocycles. The number of rotatable bonds is 4. The first-order valence-corrected chi connectivity index (χ1v) is 10.2. The van der Waals surface area contributed by atoms with Crippen molar-refractivity contribution in [3.8, 4) is 11.1 Å². The largest absolute Gasteiger partial charge is 0.393 e. The van der Waals surface area contributed by atoms with Gasteiger partial charge in [-0.3, -0.25) is 4.68 Å². The molecule has 1 atom stereocenters. The average molecular weight is 391 g/mol. The van der Waals surface area contributed by atoms with Crippen LogP contribution >= 0.6 is 11.6 Å². The topological polar surface area (TPSA) is 63.4 Å². The lowest BCUT2D eigenvalue weighted by Gasteiger charge is -2.35. The van der Waals surface area contributed by atoms with Crippen molar-refractivity contribution >= 4 is 17.3 Å². The van der Waals surface area contributed by atoms with Crippen LogP contribution in [0.4, 0.5) is 5.69 Å². The van der Waals surface area contributed by atoms with Crippen LogP contribution in [-0.2, 0) is 4.74 Å². The predicted octanol–water partition coefficient (Wildman–Crippen LogP) is 3.55. The van der Waals surface area contributed by atoms with E-state index in [1.807, 2.05) is 25.4 Å². The van der Waals surface area contributed by atoms with E-state index in [1.165, 1.54) is 0 Å². The Labute approximate surface area is 165 Å². The zero-order valence-corrected chi connectivity index (χ0v) is 16.5. The van der Waals surface area contributed by atoms with Gasteiger partial charge in [0, 0.05) is 55.5 Å². The molecule has 2 aliphatic rings. The first-order valence-electron chi connectivity index (χ1n) is 9.82. The second kappa shape index (κ2) is 8.17. The summed E-state index contributed by atoms with van der Waals surface area (Å²) < 4.78 is 7.52. The Kier molecular flexibility index (Phi) is 5.66. The number of ether oxygens (including phenoxy) is 1. The minimum Gasteiger partial charge on any atom is -0.393 e. The number of aromatic nitrogens is 3. The average Bonchev–Trinajstić information content (AvgIpc) is 3.19. The molecule has 0 spiro atoms. The van der Waals surface area contributed by atoms with Crippen LogP contribution in [-0.4, -0.2) is 52.3 Å². The molecule has 0 amide bonds. The molecule has 0 saturated carbocycles. The van der Waals surface area contributed by atoms with Crippen LogP contribution in [0.1, 0.15) is 38.6 Å². The molecular formula is C20H27ClN4O2. The van der Waals surface area contributed by atoms with Crippen LogP contribution < -0.4 is 4.90 Å². The number of hydrogen-bond acceptors (Lipinski definition) is 5. The maximum Gasteiger partial charge on any atom is 0.131 e. The summed E-state index contributed by atoms with van der Waals surface area (Å²) in [6.07, 6.45) is 9.62. The molecule has 0 radical (unpaired) electrons. The lowest BCUT2D eigenvalue weighted by atomic mass is 9.91. The highest BCUT2D eigenvalue weighted by atomic mass is 35.5. The number of anilines is 1. The molecule has 0 bridgehead atoms. The highest BCUT2D eigenvalue weighted by Gasteiger charge is 2.25. The van der Waals surface area contributed by atoms with Crippen molar-refractivity contribution in [1.29, 1.82) is 0 Å². The van der Waals surface area contributed by atoms with Crippen molar-refractivity contribution < 1.29 is 9.84 Å². The fourth-order valence-electron chi connectivity index (χ4n) is 4.15. The smallest absolute Gasteiger partial charge is 0.131 e. The van der Waals surface area contributed by atoms with Crippen LogP contribution in [0.3, 0.4) is 0 Å². The van der Waals surface area contributed by atoms with Gasteiger partial charge in [-0.05, 0) is 44.6 Å². The van der Waals surface area contributed by atoms with Crippen LogP contribution in [0.2, 0.25) is 5.15 Å². The van der Waals surface area contributed by atoms with Crippen molar-refractivity contribution in [2.75, 3.05) is 31.2 Å². The van der Waals surface area contributed by atoms with Gasteiger partial charge in [-0.2, -0.15) is 5.10 Å². The minimum atomic E-state index is -0.245.